The molecule has 0 amide bonds. The number of carbonyl (C=O) groups is 1. The number of H-pyrrole nitrogens is 1. The van der Waals surface area contributed by atoms with Gasteiger partial charge in [0.1, 0.15) is 5.75 Å². The molecule has 0 radical (unpaired) electrons. The minimum Gasteiger partial charge on any atom is -0.716 e. The molecule has 1 aromatic heterocycles. The first-order valence-electron chi connectivity index (χ1n) is 11.9. The quantitative estimate of drug-likeness (QED) is 0.276. The molecule has 5 atom stereocenters. The number of aromatic nitrogens is 1. The first-order valence-corrected chi connectivity index (χ1v) is 13.3. The van der Waals surface area contributed by atoms with Gasteiger partial charge in [-0.3, -0.25) is 4.79 Å². The number of fused-ring (bicyclic) bond motifs is 5. The van der Waals surface area contributed by atoms with Crippen LogP contribution in [0.3, 0.4) is 0 Å². The highest BCUT2D eigenvalue weighted by Crippen LogP contribution is 2.65. The summed E-state index contributed by atoms with van der Waals surface area (Å²) < 4.78 is 42.9. The second kappa shape index (κ2) is 9.63. The molecule has 2 fully saturated rings. The highest BCUT2D eigenvalue weighted by molar-refractivity contribution is 7.81. The number of carbonyl (C=O) groups excluding carboxylic acids is 1. The molecule has 0 saturated heterocycles. The second-order valence-corrected chi connectivity index (χ2v) is 10.9. The van der Waals surface area contributed by atoms with E-state index in [1.165, 1.54) is 12.5 Å². The zero-order valence-electron chi connectivity index (χ0n) is 20.0. The van der Waals surface area contributed by atoms with Crippen LogP contribution >= 0.6 is 0 Å². The van der Waals surface area contributed by atoms with Gasteiger partial charge < -0.3 is 13.5 Å². The van der Waals surface area contributed by atoms with Gasteiger partial charge in [0.05, 0.1) is 0 Å². The molecule has 0 bridgehead atoms. The molecule has 2 saturated carbocycles. The topological polar surface area (TPSA) is 107 Å². The number of nitrogens with one attached hydrogen (secondary N) is 1. The fourth-order valence-corrected chi connectivity index (χ4v) is 7.09. The Morgan fingerprint density at radius 2 is 1.91 bits per heavy atom. The van der Waals surface area contributed by atoms with E-state index in [2.05, 4.69) is 22.0 Å². The molecule has 8 heteroatoms. The predicted octanol–water partition coefficient (Wildman–Crippen LogP) is 3.82. The fraction of sp³-hybridized carbons (Fsp3) is 0.481. The summed E-state index contributed by atoms with van der Waals surface area (Å²) in [6.45, 7) is 3.59. The maximum absolute atomic E-state index is 11.8. The largest absolute Gasteiger partial charge is 0.716 e. The maximum atomic E-state index is 11.8. The van der Waals surface area contributed by atoms with E-state index in [0.717, 1.165) is 37.7 Å². The van der Waals surface area contributed by atoms with Crippen molar-refractivity contribution in [1.29, 1.82) is 0 Å². The van der Waals surface area contributed by atoms with Gasteiger partial charge in [0, 0.05) is 24.5 Å². The van der Waals surface area contributed by atoms with Crippen molar-refractivity contribution < 1.29 is 31.7 Å². The number of hydrogen-bond donors (Lipinski definition) is 0. The first-order chi connectivity index (χ1) is 16.6. The van der Waals surface area contributed by atoms with Crippen LogP contribution in [0.25, 0.3) is 0 Å². The number of benzene rings is 1. The minimum absolute atomic E-state index is 0.0694. The number of pyridine rings is 1. The van der Waals surface area contributed by atoms with Gasteiger partial charge in [-0.25, -0.2) is 13.4 Å². The SMILES string of the molecule is C#C[C@]1(OC(C)=O)CC[C@H]2[C@@H]3CCc4cc(OS(=O)(=O)[O-])ccc4[C@H]3CC[C@@]21C.c1cc[nH+]cc1. The number of terminal acetylenes is 1. The molecule has 5 rings (SSSR count). The van der Waals surface area contributed by atoms with Crippen LogP contribution in [0.5, 0.6) is 5.75 Å². The van der Waals surface area contributed by atoms with Crippen molar-refractivity contribution in [2.75, 3.05) is 0 Å². The van der Waals surface area contributed by atoms with Crippen molar-refractivity contribution in [1.82, 2.24) is 0 Å². The van der Waals surface area contributed by atoms with E-state index in [1.54, 1.807) is 12.1 Å². The van der Waals surface area contributed by atoms with Crippen molar-refractivity contribution in [3.05, 3.63) is 59.9 Å². The summed E-state index contributed by atoms with van der Waals surface area (Å²) in [6.07, 6.45) is 14.8. The van der Waals surface area contributed by atoms with Crippen LogP contribution in [0.2, 0.25) is 0 Å². The lowest BCUT2D eigenvalue weighted by Crippen LogP contribution is -2.52. The molecule has 3 aliphatic carbocycles. The summed E-state index contributed by atoms with van der Waals surface area (Å²) in [5.41, 5.74) is 1.16. The molecule has 1 heterocycles. The summed E-state index contributed by atoms with van der Waals surface area (Å²) in [5.74, 6) is 3.73. The van der Waals surface area contributed by atoms with E-state index >= 15 is 0 Å². The van der Waals surface area contributed by atoms with E-state index < -0.39 is 16.0 Å². The van der Waals surface area contributed by atoms with Crippen molar-refractivity contribution in [3.63, 3.8) is 0 Å². The third kappa shape index (κ3) is 4.93. The number of aryl methyl sites for hydroxylation is 1. The lowest BCUT2D eigenvalue weighted by Gasteiger charge is -2.52. The Morgan fingerprint density at radius 1 is 1.17 bits per heavy atom. The first kappa shape index (κ1) is 25.2. The molecular formula is C27H31NO6S. The Labute approximate surface area is 207 Å². The molecule has 186 valence electrons. The van der Waals surface area contributed by atoms with Crippen LogP contribution < -0.4 is 9.17 Å². The standard InChI is InChI=1S/C22H26O6S.C5H5N/c1-4-22(27-14(2)23)12-10-20-19-7-5-15-13-16(28-29(24,25)26)6-8-17(15)18(19)9-11-21(20,22)3;1-2-4-6-5-3-1/h1,6,8,13,18-20H,5,7,9-12H2,2-3H3,(H,24,25,26);1-5H/t18-,19-,20+,21+,22+;/m1./s1. The number of hydrogen-bond acceptors (Lipinski definition) is 6. The Morgan fingerprint density at radius 3 is 2.49 bits per heavy atom. The summed E-state index contributed by atoms with van der Waals surface area (Å²) >= 11 is 0. The van der Waals surface area contributed by atoms with Crippen molar-refractivity contribution >= 4 is 16.4 Å². The minimum atomic E-state index is -4.78. The van der Waals surface area contributed by atoms with Crippen LogP contribution in [-0.4, -0.2) is 24.5 Å². The van der Waals surface area contributed by atoms with Gasteiger partial charge in [0.2, 0.25) is 0 Å². The monoisotopic (exact) mass is 497 g/mol. The van der Waals surface area contributed by atoms with Crippen LogP contribution in [-0.2, 0) is 26.4 Å². The number of ether oxygens (including phenoxy) is 1. The maximum Gasteiger partial charge on any atom is 0.304 e. The van der Waals surface area contributed by atoms with Crippen molar-refractivity contribution in [2.45, 2.75) is 63.9 Å². The van der Waals surface area contributed by atoms with Crippen molar-refractivity contribution in [3.8, 4) is 18.1 Å². The van der Waals surface area contributed by atoms with Gasteiger partial charge in [-0.2, -0.15) is 0 Å². The van der Waals surface area contributed by atoms with Crippen LogP contribution in [0, 0.1) is 29.6 Å². The average Bonchev–Trinajstić information content (AvgIpc) is 3.11. The van der Waals surface area contributed by atoms with Gasteiger partial charge in [-0.1, -0.05) is 25.0 Å². The van der Waals surface area contributed by atoms with Gasteiger partial charge in [-0.15, -0.1) is 6.42 Å². The lowest BCUT2D eigenvalue weighted by atomic mass is 9.53. The molecule has 2 aromatic rings. The Kier molecular flexibility index (Phi) is 6.94. The Balaban J connectivity index is 0.000000421. The zero-order valence-corrected chi connectivity index (χ0v) is 20.8. The van der Waals surface area contributed by atoms with E-state index in [9.17, 15) is 17.8 Å². The van der Waals surface area contributed by atoms with Gasteiger partial charge in [-0.05, 0) is 79.5 Å². The zero-order chi connectivity index (χ0) is 25.3. The summed E-state index contributed by atoms with van der Waals surface area (Å²) in [4.78, 5) is 14.7. The van der Waals surface area contributed by atoms with Crippen LogP contribution in [0.4, 0.5) is 0 Å². The molecule has 1 N–H and O–H groups in total. The molecule has 1 aromatic carbocycles. The lowest BCUT2D eigenvalue weighted by molar-refractivity contribution is -0.377. The highest BCUT2D eigenvalue weighted by Gasteiger charge is 2.63. The van der Waals surface area contributed by atoms with Gasteiger partial charge in [0.15, 0.2) is 18.0 Å². The van der Waals surface area contributed by atoms with E-state index in [0.29, 0.717) is 24.2 Å². The normalized spacial score (nSPS) is 30.9. The fourth-order valence-electron chi connectivity index (χ4n) is 6.75. The van der Waals surface area contributed by atoms with Crippen LogP contribution in [0.1, 0.15) is 63.0 Å². The third-order valence-corrected chi connectivity index (χ3v) is 8.57. The summed E-state index contributed by atoms with van der Waals surface area (Å²) in [7, 11) is -4.78. The molecule has 0 spiro atoms. The van der Waals surface area contributed by atoms with E-state index in [1.807, 2.05) is 36.7 Å². The van der Waals surface area contributed by atoms with Crippen molar-refractivity contribution in [2.24, 2.45) is 17.3 Å². The number of esters is 1. The van der Waals surface area contributed by atoms with Gasteiger partial charge in [0.25, 0.3) is 10.4 Å². The number of rotatable bonds is 3. The Bertz CT molecular complexity index is 1200. The van der Waals surface area contributed by atoms with E-state index in [4.69, 9.17) is 11.2 Å². The number of aromatic amines is 1. The van der Waals surface area contributed by atoms with E-state index in [-0.39, 0.29) is 17.1 Å². The average molecular weight is 498 g/mol. The second-order valence-electron chi connectivity index (χ2n) is 9.90. The summed E-state index contributed by atoms with van der Waals surface area (Å²) in [5, 5.41) is 0. The molecule has 0 unspecified atom stereocenters. The smallest absolute Gasteiger partial charge is 0.304 e. The molecule has 3 aliphatic rings. The molecule has 0 aliphatic heterocycles. The Hall–Kier alpha value is -2.89. The summed E-state index contributed by atoms with van der Waals surface area (Å²) in [6, 6.07) is 11.0. The third-order valence-electron chi connectivity index (χ3n) is 8.17. The molecular weight excluding hydrogens is 466 g/mol. The van der Waals surface area contributed by atoms with Gasteiger partial charge >= 0.3 is 5.97 Å². The van der Waals surface area contributed by atoms with Crippen LogP contribution in [0.15, 0.2) is 48.8 Å². The molecule has 35 heavy (non-hydrogen) atoms. The highest BCUT2D eigenvalue weighted by atomic mass is 32.3. The predicted molar refractivity (Wildman–Crippen MR) is 128 cm³/mol. The molecule has 7 nitrogen and oxygen atoms in total.